The van der Waals surface area contributed by atoms with Crippen molar-refractivity contribution in [3.05, 3.63) is 65.7 Å². The minimum atomic E-state index is -4.07. The third kappa shape index (κ3) is 3.67. The number of aryl methyl sites for hydroxylation is 1. The molecule has 21 heavy (non-hydrogen) atoms. The molecule has 2 aromatic carbocycles. The summed E-state index contributed by atoms with van der Waals surface area (Å²) in [6.07, 6.45) is 0. The van der Waals surface area contributed by atoms with Crippen molar-refractivity contribution in [2.75, 3.05) is 0 Å². The number of ketones is 1. The number of carbonyl (C=O) groups is 1. The van der Waals surface area contributed by atoms with Gasteiger partial charge in [0.1, 0.15) is 0 Å². The fourth-order valence-electron chi connectivity index (χ4n) is 1.70. The summed E-state index contributed by atoms with van der Waals surface area (Å²) in [5, 5.41) is 0. The van der Waals surface area contributed by atoms with Crippen LogP contribution in [0.3, 0.4) is 0 Å². The quantitative estimate of drug-likeness (QED) is 0.577. The van der Waals surface area contributed by atoms with E-state index in [2.05, 4.69) is 0 Å². The molecule has 2 aromatic rings. The zero-order valence-corrected chi connectivity index (χ0v) is 12.0. The van der Waals surface area contributed by atoms with E-state index >= 15 is 0 Å². The molecule has 0 aliphatic carbocycles. The Labute approximate surface area is 125 Å². The predicted molar refractivity (Wildman–Crippen MR) is 77.7 cm³/mol. The van der Waals surface area contributed by atoms with E-state index in [4.69, 9.17) is 0 Å². The van der Waals surface area contributed by atoms with Gasteiger partial charge in [-0.15, -0.1) is 0 Å². The number of benzene rings is 2. The minimum absolute atomic E-state index is 0.199. The van der Waals surface area contributed by atoms with Gasteiger partial charge in [-0.05, 0) is 19.1 Å². The van der Waals surface area contributed by atoms with Crippen LogP contribution in [0.5, 0.6) is 0 Å². The van der Waals surface area contributed by atoms with Gasteiger partial charge < -0.3 is 0 Å². The molecule has 0 aliphatic rings. The molecular formula is C16H13F3OS. The predicted octanol–water partition coefficient (Wildman–Crippen LogP) is 4.90. The highest BCUT2D eigenvalue weighted by atomic mass is 32.2. The Morgan fingerprint density at radius 1 is 1.05 bits per heavy atom. The van der Waals surface area contributed by atoms with Gasteiger partial charge in [-0.25, -0.2) is 4.39 Å². The van der Waals surface area contributed by atoms with Crippen LogP contribution in [0.2, 0.25) is 0 Å². The van der Waals surface area contributed by atoms with Crippen LogP contribution in [-0.2, 0) is 0 Å². The number of thioether (sulfide) groups is 1. The van der Waals surface area contributed by atoms with E-state index < -0.39 is 17.2 Å². The molecule has 0 fully saturated rings. The van der Waals surface area contributed by atoms with Crippen molar-refractivity contribution in [2.45, 2.75) is 23.2 Å². The van der Waals surface area contributed by atoms with Gasteiger partial charge in [0.25, 0.3) is 0 Å². The van der Waals surface area contributed by atoms with E-state index in [1.165, 1.54) is 24.3 Å². The average molecular weight is 310 g/mol. The van der Waals surface area contributed by atoms with Crippen molar-refractivity contribution in [3.63, 3.8) is 0 Å². The molecule has 0 amide bonds. The molecule has 2 rings (SSSR count). The van der Waals surface area contributed by atoms with Gasteiger partial charge in [0, 0.05) is 10.5 Å². The summed E-state index contributed by atoms with van der Waals surface area (Å²) in [6.45, 7) is 1.84. The smallest absolute Gasteiger partial charge is 0.287 e. The fourth-order valence-corrected chi connectivity index (χ4v) is 2.48. The number of carbonyl (C=O) groups excluding carboxylic acids is 1. The van der Waals surface area contributed by atoms with Crippen molar-refractivity contribution in [1.82, 2.24) is 0 Å². The van der Waals surface area contributed by atoms with Crippen molar-refractivity contribution in [3.8, 4) is 0 Å². The van der Waals surface area contributed by atoms with E-state index in [9.17, 15) is 18.0 Å². The van der Waals surface area contributed by atoms with Crippen molar-refractivity contribution < 1.29 is 18.0 Å². The summed E-state index contributed by atoms with van der Waals surface area (Å²) in [6, 6.07) is 13.5. The number of Topliss-reactive ketones (excluding diaryl/α,β-unsaturated/α-hetero) is 1. The molecule has 1 atom stereocenters. The number of rotatable bonds is 5. The molecule has 1 nitrogen and oxygen atoms in total. The Bertz CT molecular complexity index is 611. The molecule has 0 N–H and O–H groups in total. The topological polar surface area (TPSA) is 17.1 Å². The van der Waals surface area contributed by atoms with Crippen molar-refractivity contribution in [2.24, 2.45) is 0 Å². The summed E-state index contributed by atoms with van der Waals surface area (Å²) in [5.74, 6) is -5.58. The molecule has 0 aromatic heterocycles. The maximum atomic E-state index is 13.9. The Morgan fingerprint density at radius 3 is 2.19 bits per heavy atom. The summed E-state index contributed by atoms with van der Waals surface area (Å²) in [5.41, 5.74) is -1.88. The summed E-state index contributed by atoms with van der Waals surface area (Å²) < 4.78 is 41.7. The van der Waals surface area contributed by atoms with E-state index in [1.807, 2.05) is 6.92 Å². The highest BCUT2D eigenvalue weighted by molar-refractivity contribution is 7.99. The van der Waals surface area contributed by atoms with Gasteiger partial charge in [0.15, 0.2) is 0 Å². The van der Waals surface area contributed by atoms with Gasteiger partial charge in [-0.3, -0.25) is 4.79 Å². The molecule has 5 heteroatoms. The van der Waals surface area contributed by atoms with E-state index in [0.717, 1.165) is 5.56 Å². The largest absolute Gasteiger partial charge is 0.349 e. The monoisotopic (exact) mass is 310 g/mol. The molecule has 0 bridgehead atoms. The SMILES string of the molecule is Cc1ccc(SC(F)C(F)(F)C(=O)c2ccccc2)cc1. The fraction of sp³-hybridized carbons (Fsp3) is 0.188. The van der Waals surface area contributed by atoms with Crippen LogP contribution >= 0.6 is 11.8 Å². The first-order chi connectivity index (χ1) is 9.91. The zero-order chi connectivity index (χ0) is 15.5. The standard InChI is InChI=1S/C16H13F3OS/c1-11-7-9-13(10-8-11)21-15(17)16(18,19)14(20)12-5-3-2-4-6-12/h2-10,15H,1H3. The minimum Gasteiger partial charge on any atom is -0.287 e. The van der Waals surface area contributed by atoms with Crippen molar-refractivity contribution >= 4 is 17.5 Å². The lowest BCUT2D eigenvalue weighted by molar-refractivity contribution is -0.0154. The van der Waals surface area contributed by atoms with E-state index in [-0.39, 0.29) is 5.56 Å². The second kappa shape index (κ2) is 6.35. The summed E-state index contributed by atoms with van der Waals surface area (Å²) in [4.78, 5) is 12.1. The Hall–Kier alpha value is -1.75. The first-order valence-electron chi connectivity index (χ1n) is 6.26. The normalized spacial score (nSPS) is 13.0. The van der Waals surface area contributed by atoms with Gasteiger partial charge in [0.2, 0.25) is 11.3 Å². The summed E-state index contributed by atoms with van der Waals surface area (Å²) >= 11 is 0.345. The lowest BCUT2D eigenvalue weighted by Crippen LogP contribution is -2.37. The summed E-state index contributed by atoms with van der Waals surface area (Å²) in [7, 11) is 0. The third-order valence-electron chi connectivity index (χ3n) is 2.88. The first kappa shape index (κ1) is 15.6. The maximum absolute atomic E-state index is 13.9. The highest BCUT2D eigenvalue weighted by Crippen LogP contribution is 2.37. The average Bonchev–Trinajstić information content (AvgIpc) is 2.49. The molecule has 0 heterocycles. The van der Waals surface area contributed by atoms with Gasteiger partial charge >= 0.3 is 5.92 Å². The Balaban J connectivity index is 2.14. The molecule has 0 spiro atoms. The van der Waals surface area contributed by atoms with Gasteiger partial charge in [-0.2, -0.15) is 8.78 Å². The van der Waals surface area contributed by atoms with E-state index in [0.29, 0.717) is 16.7 Å². The van der Waals surface area contributed by atoms with Gasteiger partial charge in [0.05, 0.1) is 0 Å². The molecule has 0 saturated heterocycles. The second-order valence-electron chi connectivity index (χ2n) is 4.57. The molecule has 0 aliphatic heterocycles. The maximum Gasteiger partial charge on any atom is 0.349 e. The van der Waals surface area contributed by atoms with Crippen LogP contribution < -0.4 is 0 Å². The van der Waals surface area contributed by atoms with Gasteiger partial charge in [-0.1, -0.05) is 59.8 Å². The first-order valence-corrected chi connectivity index (χ1v) is 7.14. The van der Waals surface area contributed by atoms with E-state index in [1.54, 1.807) is 30.3 Å². The second-order valence-corrected chi connectivity index (χ2v) is 5.69. The lowest BCUT2D eigenvalue weighted by atomic mass is 10.1. The third-order valence-corrected chi connectivity index (χ3v) is 3.93. The molecule has 1 unspecified atom stereocenters. The number of halogens is 3. The van der Waals surface area contributed by atoms with Crippen LogP contribution in [0.15, 0.2) is 59.5 Å². The molecule has 0 radical (unpaired) electrons. The number of hydrogen-bond acceptors (Lipinski definition) is 2. The molecule has 110 valence electrons. The lowest BCUT2D eigenvalue weighted by Gasteiger charge is -2.19. The van der Waals surface area contributed by atoms with Crippen LogP contribution in [0, 0.1) is 6.92 Å². The highest BCUT2D eigenvalue weighted by Gasteiger charge is 2.48. The van der Waals surface area contributed by atoms with Crippen LogP contribution in [0.25, 0.3) is 0 Å². The zero-order valence-electron chi connectivity index (χ0n) is 11.2. The van der Waals surface area contributed by atoms with Crippen LogP contribution in [0.4, 0.5) is 13.2 Å². The Kier molecular flexibility index (Phi) is 4.73. The molecule has 0 saturated carbocycles. The van der Waals surface area contributed by atoms with Crippen LogP contribution in [-0.4, -0.2) is 17.2 Å². The van der Waals surface area contributed by atoms with Crippen LogP contribution in [0.1, 0.15) is 15.9 Å². The molecular weight excluding hydrogens is 297 g/mol. The number of hydrogen-bond donors (Lipinski definition) is 0. The Morgan fingerprint density at radius 2 is 1.62 bits per heavy atom. The van der Waals surface area contributed by atoms with Crippen molar-refractivity contribution in [1.29, 1.82) is 0 Å². The number of alkyl halides is 3.